The van der Waals surface area contributed by atoms with E-state index in [0.29, 0.717) is 0 Å². The van der Waals surface area contributed by atoms with Crippen molar-refractivity contribution in [1.82, 2.24) is 39.0 Å². The molecule has 0 saturated carbocycles. The first-order valence-corrected chi connectivity index (χ1v) is 19.1. The Morgan fingerprint density at radius 1 is 1.09 bits per heavy atom. The molecule has 3 aliphatic heterocycles. The maximum atomic E-state index is 16.0. The molecule has 4 aromatic heterocycles. The number of H-pyrrole nitrogens is 1. The number of ether oxygens (including phenoxy) is 1. The molecule has 0 amide bonds. The van der Waals surface area contributed by atoms with Crippen molar-refractivity contribution in [2.45, 2.75) is 47.4 Å². The summed E-state index contributed by atoms with van der Waals surface area (Å²) in [7, 11) is 0. The number of thiol groups is 1. The number of hydrogen-bond donors (Lipinski definition) is 6. The summed E-state index contributed by atoms with van der Waals surface area (Å²) >= 11 is 10.3. The minimum Gasteiger partial charge on any atom is -0.389 e. The molecule has 0 radical (unpaired) electrons. The Morgan fingerprint density at radius 3 is 2.64 bits per heavy atom. The molecule has 25 heteroatoms. The largest absolute Gasteiger partial charge is 0.389 e. The van der Waals surface area contributed by atoms with Gasteiger partial charge in [-0.1, -0.05) is 12.2 Å². The van der Waals surface area contributed by atoms with E-state index in [2.05, 4.69) is 42.2 Å². The Balaban J connectivity index is 1.21. The number of nitrogen functional groups attached to an aromatic ring is 2. The van der Waals surface area contributed by atoms with Crippen molar-refractivity contribution in [3.63, 3.8) is 0 Å². The van der Waals surface area contributed by atoms with E-state index in [4.69, 9.17) is 46.1 Å². The molecule has 0 aromatic carbocycles. The van der Waals surface area contributed by atoms with Crippen LogP contribution in [0, 0.1) is 0 Å². The Kier molecular flexibility index (Phi) is 7.98. The third-order valence-corrected chi connectivity index (χ3v) is 12.0. The van der Waals surface area contributed by atoms with Crippen molar-refractivity contribution >= 4 is 83.4 Å². The van der Waals surface area contributed by atoms with Gasteiger partial charge in [0.25, 0.3) is 5.56 Å². The van der Waals surface area contributed by atoms with E-state index >= 15 is 4.39 Å². The van der Waals surface area contributed by atoms with Gasteiger partial charge < -0.3 is 30.7 Å². The monoisotopic (exact) mass is 724 g/mol. The van der Waals surface area contributed by atoms with Crippen LogP contribution in [0.25, 0.3) is 22.3 Å². The number of alkyl halides is 1. The lowest BCUT2D eigenvalue weighted by Crippen LogP contribution is -2.35. The summed E-state index contributed by atoms with van der Waals surface area (Å²) in [4.78, 5) is 46.0. The molecule has 3 fully saturated rings. The smallest absolute Gasteiger partial charge is 0.386 e. The maximum absolute atomic E-state index is 16.0. The number of halogens is 1. The van der Waals surface area contributed by atoms with E-state index in [0.717, 1.165) is 11.8 Å². The van der Waals surface area contributed by atoms with Crippen LogP contribution >= 0.6 is 37.5 Å². The van der Waals surface area contributed by atoms with Crippen LogP contribution in [0.3, 0.4) is 0 Å². The third-order valence-electron chi connectivity index (χ3n) is 7.28. The number of nitrogens with one attached hydrogen (secondary N) is 1. The SMILES string of the molecule is Nc1nc2c(ncn2[C@@H]2S[C@@H]3COP(O)(=S)O[C@H]4[C@H](F)[C@H](n5cnc6c(N)ncnc65)O[C@@H]4COP(=O)(S)O[C@@H]2[C@@H]3O)c(=O)[nH]1. The van der Waals surface area contributed by atoms with E-state index in [-0.39, 0.29) is 34.1 Å². The number of aromatic nitrogens is 8. The van der Waals surface area contributed by atoms with E-state index in [1.54, 1.807) is 0 Å². The molecule has 10 atom stereocenters. The zero-order valence-electron chi connectivity index (χ0n) is 22.3. The van der Waals surface area contributed by atoms with Crippen molar-refractivity contribution in [3.8, 4) is 0 Å². The Bertz CT molecular complexity index is 1950. The number of aromatic amines is 1. The number of aliphatic hydroxyl groups excluding tert-OH is 1. The quantitative estimate of drug-likeness (QED) is 0.121. The number of anilines is 2. The van der Waals surface area contributed by atoms with Crippen molar-refractivity contribution in [2.24, 2.45) is 0 Å². The molecule has 7 rings (SSSR count). The van der Waals surface area contributed by atoms with Gasteiger partial charge in [0.2, 0.25) is 5.95 Å². The van der Waals surface area contributed by atoms with Crippen LogP contribution in [0.5, 0.6) is 0 Å². The average Bonchev–Trinajstić information content (AvgIpc) is 3.72. The Labute approximate surface area is 265 Å². The molecule has 2 bridgehead atoms. The molecule has 4 aromatic rings. The minimum atomic E-state index is -4.34. The molecule has 2 unspecified atom stereocenters. The van der Waals surface area contributed by atoms with Crippen molar-refractivity contribution < 1.29 is 41.8 Å². The number of aliphatic hydroxyl groups is 1. The molecular formula is C20H23FN10O9P2S3. The molecule has 7 heterocycles. The number of hydrogen-bond acceptors (Lipinski definition) is 17. The van der Waals surface area contributed by atoms with Crippen LogP contribution in [-0.4, -0.2) is 98.1 Å². The molecule has 45 heavy (non-hydrogen) atoms. The first-order chi connectivity index (χ1) is 21.3. The van der Waals surface area contributed by atoms with Crippen molar-refractivity contribution in [1.29, 1.82) is 0 Å². The van der Waals surface area contributed by atoms with Crippen LogP contribution in [0.4, 0.5) is 16.2 Å². The summed E-state index contributed by atoms with van der Waals surface area (Å²) in [5.74, 6) is -0.127. The molecule has 242 valence electrons. The zero-order chi connectivity index (χ0) is 31.8. The lowest BCUT2D eigenvalue weighted by atomic mass is 10.1. The highest BCUT2D eigenvalue weighted by molar-refractivity contribution is 8.44. The molecule has 19 nitrogen and oxygen atoms in total. The van der Waals surface area contributed by atoms with Crippen molar-refractivity contribution in [3.05, 3.63) is 29.3 Å². The highest BCUT2D eigenvalue weighted by atomic mass is 32.7. The van der Waals surface area contributed by atoms with E-state index in [1.165, 1.54) is 28.1 Å². The van der Waals surface area contributed by atoms with E-state index in [9.17, 15) is 19.4 Å². The fourth-order valence-electron chi connectivity index (χ4n) is 5.26. The van der Waals surface area contributed by atoms with E-state index in [1.807, 2.05) is 0 Å². The van der Waals surface area contributed by atoms with Crippen LogP contribution in [0.15, 0.2) is 23.8 Å². The fourth-order valence-corrected chi connectivity index (χ4v) is 9.84. The summed E-state index contributed by atoms with van der Waals surface area (Å²) in [5.41, 5.74) is 11.4. The highest BCUT2D eigenvalue weighted by Crippen LogP contribution is 2.60. The number of rotatable bonds is 2. The standard InChI is InChI=1S/C20H23FN10O9P2S3/c21-8-12-6(38-18(8)30-4-26-9-14(22)24-3-25-15(9)30)1-36-41(34,43)40-13-11(32)7(2-37-42(35,44)39-12)45-19(13)31-5-27-10-16(31)28-20(23)29-17(10)33/h3-8,11-13,18-19,32H,1-2H2,(H,34,43)(H,35,44)(H2,22,24,25)(H3,23,28,29,33)/t6-,7-,8+,11-,12-,13-,18-,19-,41?,42?/m1/s1. The number of imidazole rings is 2. The molecule has 7 N–H and O–H groups in total. The van der Waals surface area contributed by atoms with Gasteiger partial charge in [-0.2, -0.15) is 4.98 Å². The Morgan fingerprint density at radius 2 is 1.84 bits per heavy atom. The summed E-state index contributed by atoms with van der Waals surface area (Å²) in [6.07, 6.45) is -5.33. The van der Waals surface area contributed by atoms with Gasteiger partial charge >= 0.3 is 13.5 Å². The minimum absolute atomic E-state index is 0.0451. The van der Waals surface area contributed by atoms with E-state index < -0.39 is 79.7 Å². The van der Waals surface area contributed by atoms with Gasteiger partial charge in [0.05, 0.1) is 37.2 Å². The average molecular weight is 725 g/mol. The third kappa shape index (κ3) is 5.68. The van der Waals surface area contributed by atoms with Gasteiger partial charge in [0.15, 0.2) is 35.0 Å². The lowest BCUT2D eigenvalue weighted by molar-refractivity contribution is -0.0432. The highest BCUT2D eigenvalue weighted by Gasteiger charge is 2.53. The topological polar surface area (TPSA) is 263 Å². The summed E-state index contributed by atoms with van der Waals surface area (Å²) in [5, 5.41) is 9.43. The van der Waals surface area contributed by atoms with Gasteiger partial charge in [0, 0.05) is 0 Å². The van der Waals surface area contributed by atoms with Crippen LogP contribution < -0.4 is 17.0 Å². The number of thioether (sulfide) groups is 1. The summed E-state index contributed by atoms with van der Waals surface area (Å²) < 4.78 is 60.6. The predicted molar refractivity (Wildman–Crippen MR) is 162 cm³/mol. The van der Waals surface area contributed by atoms with Gasteiger partial charge in [-0.3, -0.25) is 32.5 Å². The maximum Gasteiger partial charge on any atom is 0.386 e. The summed E-state index contributed by atoms with van der Waals surface area (Å²) in [6.45, 7) is -9.57. The second-order valence-electron chi connectivity index (χ2n) is 10.1. The van der Waals surface area contributed by atoms with Crippen LogP contribution in [0.1, 0.15) is 11.6 Å². The second-order valence-corrected chi connectivity index (χ2v) is 17.1. The Hall–Kier alpha value is -2.27. The lowest BCUT2D eigenvalue weighted by Gasteiger charge is -2.27. The predicted octanol–water partition coefficient (Wildman–Crippen LogP) is 0.406. The molecule has 3 saturated heterocycles. The molecule has 3 aliphatic rings. The number of nitrogens with two attached hydrogens (primary N) is 2. The fraction of sp³-hybridized carbons (Fsp3) is 0.500. The van der Waals surface area contributed by atoms with Crippen molar-refractivity contribution in [2.75, 3.05) is 24.7 Å². The second kappa shape index (κ2) is 11.5. The number of fused-ring (bicyclic) bond motifs is 5. The van der Waals surface area contributed by atoms with Gasteiger partial charge in [-0.25, -0.2) is 28.9 Å². The van der Waals surface area contributed by atoms with Gasteiger partial charge in [-0.15, -0.1) is 11.8 Å². The van der Waals surface area contributed by atoms with Crippen LogP contribution in [-0.2, 0) is 39.2 Å². The van der Waals surface area contributed by atoms with Gasteiger partial charge in [-0.05, 0) is 11.8 Å². The molecule has 0 spiro atoms. The molecule has 0 aliphatic carbocycles. The zero-order valence-corrected chi connectivity index (χ0v) is 26.7. The first kappa shape index (κ1) is 31.3. The normalized spacial score (nSPS) is 37.7. The summed E-state index contributed by atoms with van der Waals surface area (Å²) in [6, 6.07) is 0. The number of nitrogens with zero attached hydrogens (tertiary/aromatic N) is 7. The first-order valence-electron chi connectivity index (χ1n) is 12.9. The molecular weight excluding hydrogens is 701 g/mol. The van der Waals surface area contributed by atoms with Gasteiger partial charge in [0.1, 0.15) is 35.5 Å². The van der Waals surface area contributed by atoms with Crippen LogP contribution in [0.2, 0.25) is 0 Å².